The van der Waals surface area contributed by atoms with Gasteiger partial charge in [-0.3, -0.25) is 14.6 Å². The van der Waals surface area contributed by atoms with E-state index in [0.717, 1.165) is 12.1 Å². The highest BCUT2D eigenvalue weighted by molar-refractivity contribution is 6.33. The molecule has 9 heteroatoms. The first-order valence-corrected chi connectivity index (χ1v) is 7.46. The highest BCUT2D eigenvalue weighted by atomic mass is 35.5. The molecule has 0 spiro atoms. The zero-order chi connectivity index (χ0) is 18.4. The molecule has 0 bridgehead atoms. The fourth-order valence-electron chi connectivity index (χ4n) is 1.89. The summed E-state index contributed by atoms with van der Waals surface area (Å²) < 4.78 is 38.0. The monoisotopic (exact) mass is 371 g/mol. The number of carbonyl (C=O) groups excluding carboxylic acids is 2. The summed E-state index contributed by atoms with van der Waals surface area (Å²) in [6.45, 7) is 0.136. The molecule has 1 heterocycles. The minimum atomic E-state index is -4.57. The van der Waals surface area contributed by atoms with Crippen LogP contribution in [0.4, 0.5) is 18.9 Å². The molecule has 2 rings (SSSR count). The number of amides is 2. The number of halogens is 4. The van der Waals surface area contributed by atoms with Gasteiger partial charge in [0.2, 0.25) is 11.8 Å². The van der Waals surface area contributed by atoms with Gasteiger partial charge in [-0.15, -0.1) is 0 Å². The third-order valence-electron chi connectivity index (χ3n) is 3.08. The molecule has 2 N–H and O–H groups in total. The van der Waals surface area contributed by atoms with E-state index in [1.165, 1.54) is 0 Å². The number of nitrogens with one attached hydrogen (secondary N) is 2. The number of hydrogen-bond donors (Lipinski definition) is 2. The molecule has 2 aromatic rings. The fourth-order valence-corrected chi connectivity index (χ4v) is 2.06. The maximum absolute atomic E-state index is 12.7. The summed E-state index contributed by atoms with van der Waals surface area (Å²) in [7, 11) is 0. The maximum atomic E-state index is 12.7. The number of anilines is 1. The molecular weight excluding hydrogens is 359 g/mol. The van der Waals surface area contributed by atoms with Gasteiger partial charge in [-0.25, -0.2) is 0 Å². The number of aromatic nitrogens is 1. The SMILES string of the molecule is O=C(CC(=O)Nc1cc(C(F)(F)F)ccc1Cl)NCc1ccccn1. The van der Waals surface area contributed by atoms with Crippen molar-refractivity contribution in [2.24, 2.45) is 0 Å². The number of hydrogen-bond acceptors (Lipinski definition) is 3. The Morgan fingerprint density at radius 2 is 1.88 bits per heavy atom. The normalized spacial score (nSPS) is 11.0. The summed E-state index contributed by atoms with van der Waals surface area (Å²) in [5.74, 6) is -1.37. The third kappa shape index (κ3) is 5.75. The molecule has 2 amide bonds. The molecule has 0 atom stereocenters. The molecule has 1 aromatic heterocycles. The van der Waals surface area contributed by atoms with Crippen LogP contribution in [0.25, 0.3) is 0 Å². The molecule has 1 aromatic carbocycles. The van der Waals surface area contributed by atoms with E-state index in [1.807, 2.05) is 0 Å². The highest BCUT2D eigenvalue weighted by Gasteiger charge is 2.31. The molecule has 0 aliphatic heterocycles. The zero-order valence-corrected chi connectivity index (χ0v) is 13.5. The third-order valence-corrected chi connectivity index (χ3v) is 3.41. The summed E-state index contributed by atoms with van der Waals surface area (Å²) in [6.07, 6.45) is -3.56. The van der Waals surface area contributed by atoms with Gasteiger partial charge in [-0.1, -0.05) is 17.7 Å². The van der Waals surface area contributed by atoms with Gasteiger partial charge in [0.05, 0.1) is 28.5 Å². The van der Waals surface area contributed by atoms with Crippen LogP contribution in [0, 0.1) is 0 Å². The first kappa shape index (κ1) is 18.7. The van der Waals surface area contributed by atoms with Gasteiger partial charge in [0.15, 0.2) is 0 Å². The highest BCUT2D eigenvalue weighted by Crippen LogP contribution is 2.33. The minimum absolute atomic E-state index is 0.0600. The first-order valence-electron chi connectivity index (χ1n) is 7.09. The lowest BCUT2D eigenvalue weighted by Gasteiger charge is -2.11. The van der Waals surface area contributed by atoms with Crippen molar-refractivity contribution in [2.75, 3.05) is 5.32 Å². The van der Waals surface area contributed by atoms with E-state index in [9.17, 15) is 22.8 Å². The summed E-state index contributed by atoms with van der Waals surface area (Å²) in [5, 5.41) is 4.64. The van der Waals surface area contributed by atoms with E-state index < -0.39 is 30.0 Å². The lowest BCUT2D eigenvalue weighted by molar-refractivity contribution is -0.137. The predicted octanol–water partition coefficient (Wildman–Crippen LogP) is 3.40. The Hall–Kier alpha value is -2.61. The van der Waals surface area contributed by atoms with Crippen LogP contribution in [0.2, 0.25) is 5.02 Å². The van der Waals surface area contributed by atoms with Crippen molar-refractivity contribution in [3.05, 3.63) is 58.9 Å². The number of pyridine rings is 1. The molecule has 0 aliphatic rings. The predicted molar refractivity (Wildman–Crippen MR) is 85.8 cm³/mol. The number of alkyl halides is 3. The average molecular weight is 372 g/mol. The molecule has 0 aliphatic carbocycles. The maximum Gasteiger partial charge on any atom is 0.416 e. The Morgan fingerprint density at radius 1 is 1.12 bits per heavy atom. The van der Waals surface area contributed by atoms with E-state index in [1.54, 1.807) is 24.4 Å². The van der Waals surface area contributed by atoms with Crippen LogP contribution < -0.4 is 10.6 Å². The van der Waals surface area contributed by atoms with E-state index in [4.69, 9.17) is 11.6 Å². The molecule has 0 radical (unpaired) electrons. The lowest BCUT2D eigenvalue weighted by atomic mass is 10.2. The smallest absolute Gasteiger partial charge is 0.350 e. The van der Waals surface area contributed by atoms with Crippen LogP contribution in [-0.2, 0) is 22.3 Å². The van der Waals surface area contributed by atoms with Crippen LogP contribution in [-0.4, -0.2) is 16.8 Å². The fraction of sp³-hybridized carbons (Fsp3) is 0.188. The average Bonchev–Trinajstić information content (AvgIpc) is 2.55. The minimum Gasteiger partial charge on any atom is -0.350 e. The van der Waals surface area contributed by atoms with Gasteiger partial charge in [0.1, 0.15) is 6.42 Å². The lowest BCUT2D eigenvalue weighted by Crippen LogP contribution is -2.28. The first-order chi connectivity index (χ1) is 11.8. The van der Waals surface area contributed by atoms with E-state index in [2.05, 4.69) is 15.6 Å². The second-order valence-electron chi connectivity index (χ2n) is 5.02. The zero-order valence-electron chi connectivity index (χ0n) is 12.7. The van der Waals surface area contributed by atoms with Gasteiger partial charge in [0, 0.05) is 6.20 Å². The summed E-state index contributed by atoms with van der Waals surface area (Å²) in [5.41, 5.74) is -0.553. The Bertz CT molecular complexity index is 767. The molecule has 0 fully saturated rings. The molecular formula is C16H13ClF3N3O2. The summed E-state index contributed by atoms with van der Waals surface area (Å²) >= 11 is 5.78. The Balaban J connectivity index is 1.92. The summed E-state index contributed by atoms with van der Waals surface area (Å²) in [6, 6.07) is 7.71. The molecule has 0 saturated carbocycles. The van der Waals surface area contributed by atoms with Crippen molar-refractivity contribution in [2.45, 2.75) is 19.1 Å². The van der Waals surface area contributed by atoms with Crippen LogP contribution in [0.5, 0.6) is 0 Å². The summed E-state index contributed by atoms with van der Waals surface area (Å²) in [4.78, 5) is 27.5. The Kier molecular flexibility index (Phi) is 5.97. The van der Waals surface area contributed by atoms with Crippen molar-refractivity contribution in [1.29, 1.82) is 0 Å². The molecule has 0 unspecified atom stereocenters. The largest absolute Gasteiger partial charge is 0.416 e. The van der Waals surface area contributed by atoms with Gasteiger partial charge >= 0.3 is 6.18 Å². The van der Waals surface area contributed by atoms with E-state index >= 15 is 0 Å². The number of carbonyl (C=O) groups is 2. The van der Waals surface area contributed by atoms with Gasteiger partial charge in [0.25, 0.3) is 0 Å². The Labute approximate surface area is 146 Å². The van der Waals surface area contributed by atoms with Crippen molar-refractivity contribution >= 4 is 29.1 Å². The molecule has 25 heavy (non-hydrogen) atoms. The van der Waals surface area contributed by atoms with Gasteiger partial charge in [-0.05, 0) is 30.3 Å². The van der Waals surface area contributed by atoms with Crippen LogP contribution >= 0.6 is 11.6 Å². The van der Waals surface area contributed by atoms with E-state index in [0.29, 0.717) is 11.8 Å². The van der Waals surface area contributed by atoms with Crippen LogP contribution in [0.3, 0.4) is 0 Å². The topological polar surface area (TPSA) is 71.1 Å². The Morgan fingerprint density at radius 3 is 2.52 bits per heavy atom. The number of benzene rings is 1. The van der Waals surface area contributed by atoms with Gasteiger partial charge in [-0.2, -0.15) is 13.2 Å². The van der Waals surface area contributed by atoms with E-state index in [-0.39, 0.29) is 17.3 Å². The van der Waals surface area contributed by atoms with Crippen molar-refractivity contribution in [3.8, 4) is 0 Å². The molecule has 132 valence electrons. The molecule has 0 saturated heterocycles. The second kappa shape index (κ2) is 7.98. The van der Waals surface area contributed by atoms with Crippen molar-refractivity contribution < 1.29 is 22.8 Å². The van der Waals surface area contributed by atoms with Crippen LogP contribution in [0.15, 0.2) is 42.6 Å². The van der Waals surface area contributed by atoms with Gasteiger partial charge < -0.3 is 10.6 Å². The second-order valence-corrected chi connectivity index (χ2v) is 5.42. The molecule has 5 nitrogen and oxygen atoms in total. The van der Waals surface area contributed by atoms with Crippen molar-refractivity contribution in [1.82, 2.24) is 10.3 Å². The quantitative estimate of drug-likeness (QED) is 0.791. The number of rotatable bonds is 5. The standard InChI is InChI=1S/C16H13ClF3N3O2/c17-12-5-4-10(16(18,19)20)7-13(12)23-15(25)8-14(24)22-9-11-3-1-2-6-21-11/h1-7H,8-9H2,(H,22,24)(H,23,25). The van der Waals surface area contributed by atoms with Crippen LogP contribution in [0.1, 0.15) is 17.7 Å². The number of nitrogens with zero attached hydrogens (tertiary/aromatic N) is 1. The van der Waals surface area contributed by atoms with Crippen molar-refractivity contribution in [3.63, 3.8) is 0 Å².